The molecular weight excluding hydrogens is 234 g/mol. The smallest absolute Gasteiger partial charge is 0.327 e. The number of hydrogen-bond donors (Lipinski definition) is 2. The van der Waals surface area contributed by atoms with Crippen molar-refractivity contribution >= 4 is 11.9 Å². The third kappa shape index (κ3) is 4.62. The third-order valence-electron chi connectivity index (χ3n) is 3.33. The first kappa shape index (κ1) is 14.9. The first-order chi connectivity index (χ1) is 8.40. The Balaban J connectivity index is 2.52. The van der Waals surface area contributed by atoms with Crippen molar-refractivity contribution in [2.45, 2.75) is 31.8 Å². The van der Waals surface area contributed by atoms with Crippen molar-refractivity contribution in [3.8, 4) is 0 Å². The quantitative estimate of drug-likeness (QED) is 0.701. The molecule has 0 spiro atoms. The second-order valence-electron chi connectivity index (χ2n) is 5.11. The topological polar surface area (TPSA) is 72.9 Å². The first-order valence-corrected chi connectivity index (χ1v) is 6.29. The van der Waals surface area contributed by atoms with Crippen LogP contribution in [0, 0.1) is 0 Å². The Bertz CT molecular complexity index is 307. The number of likely N-dealkylation sites (tertiary alicyclic amines) is 1. The van der Waals surface area contributed by atoms with Gasteiger partial charge in [0.05, 0.1) is 0 Å². The fourth-order valence-electron chi connectivity index (χ4n) is 2.31. The molecule has 0 saturated carbocycles. The van der Waals surface area contributed by atoms with Crippen LogP contribution in [0.15, 0.2) is 0 Å². The Morgan fingerprint density at radius 1 is 1.50 bits per heavy atom. The minimum atomic E-state index is -0.975. The summed E-state index contributed by atoms with van der Waals surface area (Å²) in [5.74, 6) is -1.28. The zero-order chi connectivity index (χ0) is 13.7. The number of carbonyl (C=O) groups excluding carboxylic acids is 1. The second-order valence-corrected chi connectivity index (χ2v) is 5.11. The highest BCUT2D eigenvalue weighted by Crippen LogP contribution is 2.13. The van der Waals surface area contributed by atoms with E-state index in [1.54, 1.807) is 0 Å². The highest BCUT2D eigenvalue weighted by atomic mass is 16.4. The van der Waals surface area contributed by atoms with Crippen LogP contribution in [-0.4, -0.2) is 72.6 Å². The van der Waals surface area contributed by atoms with E-state index in [1.165, 1.54) is 6.92 Å². The predicted octanol–water partition coefficient (Wildman–Crippen LogP) is -0.398. The summed E-state index contributed by atoms with van der Waals surface area (Å²) in [6.07, 6.45) is 2.20. The summed E-state index contributed by atoms with van der Waals surface area (Å²) in [5.41, 5.74) is 0. The van der Waals surface area contributed by atoms with Crippen molar-refractivity contribution in [2.75, 3.05) is 33.7 Å². The Labute approximate surface area is 108 Å². The molecule has 1 saturated heterocycles. The lowest BCUT2D eigenvalue weighted by Crippen LogP contribution is -2.52. The zero-order valence-corrected chi connectivity index (χ0v) is 11.3. The second kappa shape index (κ2) is 6.70. The summed E-state index contributed by atoms with van der Waals surface area (Å²) in [7, 11) is 4.08. The Morgan fingerprint density at radius 3 is 2.67 bits per heavy atom. The summed E-state index contributed by atoms with van der Waals surface area (Å²) >= 11 is 0. The van der Waals surface area contributed by atoms with Crippen LogP contribution in [0.1, 0.15) is 19.8 Å². The molecular formula is C12H23N3O3. The number of piperidine rings is 1. The molecule has 1 fully saturated rings. The molecule has 1 amide bonds. The van der Waals surface area contributed by atoms with Crippen LogP contribution in [0.2, 0.25) is 0 Å². The van der Waals surface area contributed by atoms with E-state index < -0.39 is 12.0 Å². The number of amides is 1. The fourth-order valence-corrected chi connectivity index (χ4v) is 2.31. The number of rotatable bonds is 5. The number of likely N-dealkylation sites (N-methyl/N-ethyl adjacent to an activating group) is 1. The van der Waals surface area contributed by atoms with E-state index in [0.717, 1.165) is 25.9 Å². The number of carboxylic acids is 1. The van der Waals surface area contributed by atoms with E-state index in [1.807, 2.05) is 14.1 Å². The van der Waals surface area contributed by atoms with Gasteiger partial charge in [0.1, 0.15) is 6.04 Å². The molecule has 0 aliphatic carbocycles. The maximum absolute atomic E-state index is 11.1. The molecule has 0 aromatic rings. The molecule has 2 unspecified atom stereocenters. The zero-order valence-electron chi connectivity index (χ0n) is 11.3. The van der Waals surface area contributed by atoms with Crippen LogP contribution in [0.5, 0.6) is 0 Å². The molecule has 2 atom stereocenters. The number of carboxylic acid groups (broad SMARTS) is 1. The number of carbonyl (C=O) groups is 2. The van der Waals surface area contributed by atoms with Gasteiger partial charge in [0.2, 0.25) is 5.91 Å². The van der Waals surface area contributed by atoms with Gasteiger partial charge in [-0.3, -0.25) is 9.69 Å². The normalized spacial score (nSPS) is 22.8. The van der Waals surface area contributed by atoms with Crippen molar-refractivity contribution in [1.29, 1.82) is 0 Å². The Hall–Kier alpha value is -1.14. The van der Waals surface area contributed by atoms with Crippen molar-refractivity contribution in [2.24, 2.45) is 0 Å². The van der Waals surface area contributed by atoms with Gasteiger partial charge < -0.3 is 15.3 Å². The van der Waals surface area contributed by atoms with Crippen LogP contribution in [0.3, 0.4) is 0 Å². The molecule has 1 aliphatic heterocycles. The molecule has 0 aromatic carbocycles. The van der Waals surface area contributed by atoms with Crippen LogP contribution >= 0.6 is 0 Å². The molecule has 104 valence electrons. The van der Waals surface area contributed by atoms with Gasteiger partial charge in [0, 0.05) is 26.1 Å². The molecule has 1 rings (SSSR count). The van der Waals surface area contributed by atoms with E-state index in [-0.39, 0.29) is 5.91 Å². The number of aliphatic carboxylic acids is 1. The molecule has 18 heavy (non-hydrogen) atoms. The van der Waals surface area contributed by atoms with E-state index in [4.69, 9.17) is 5.11 Å². The van der Waals surface area contributed by atoms with Crippen LogP contribution in [0.25, 0.3) is 0 Å². The molecule has 6 heteroatoms. The molecule has 1 aliphatic rings. The van der Waals surface area contributed by atoms with Crippen LogP contribution in [0.4, 0.5) is 0 Å². The molecule has 0 bridgehead atoms. The van der Waals surface area contributed by atoms with Crippen molar-refractivity contribution < 1.29 is 14.7 Å². The van der Waals surface area contributed by atoms with Gasteiger partial charge in [-0.15, -0.1) is 0 Å². The van der Waals surface area contributed by atoms with Crippen molar-refractivity contribution in [1.82, 2.24) is 15.1 Å². The van der Waals surface area contributed by atoms with Gasteiger partial charge >= 0.3 is 5.97 Å². The van der Waals surface area contributed by atoms with Gasteiger partial charge in [0.25, 0.3) is 0 Å². The molecule has 1 heterocycles. The lowest BCUT2D eigenvalue weighted by atomic mass is 10.0. The average molecular weight is 257 g/mol. The summed E-state index contributed by atoms with van der Waals surface area (Å²) in [4.78, 5) is 26.3. The van der Waals surface area contributed by atoms with Gasteiger partial charge in [0.15, 0.2) is 0 Å². The van der Waals surface area contributed by atoms with Crippen molar-refractivity contribution in [3.05, 3.63) is 0 Å². The highest BCUT2D eigenvalue weighted by molar-refractivity contribution is 5.82. The highest BCUT2D eigenvalue weighted by Gasteiger charge is 2.26. The molecule has 6 nitrogen and oxygen atoms in total. The number of hydrogen-bond acceptors (Lipinski definition) is 4. The number of nitrogens with one attached hydrogen (secondary N) is 1. The van der Waals surface area contributed by atoms with E-state index in [9.17, 15) is 9.59 Å². The maximum atomic E-state index is 11.1. The maximum Gasteiger partial charge on any atom is 0.327 e. The summed E-state index contributed by atoms with van der Waals surface area (Å²) < 4.78 is 0. The summed E-state index contributed by atoms with van der Waals surface area (Å²) in [5, 5.41) is 11.6. The average Bonchev–Trinajstić information content (AvgIpc) is 2.27. The molecule has 0 aromatic heterocycles. The van der Waals surface area contributed by atoms with Crippen LogP contribution < -0.4 is 5.32 Å². The van der Waals surface area contributed by atoms with Crippen LogP contribution in [-0.2, 0) is 9.59 Å². The summed E-state index contributed by atoms with van der Waals surface area (Å²) in [6, 6.07) is -0.353. The monoisotopic (exact) mass is 257 g/mol. The SMILES string of the molecule is CC(=O)NC(CN1CCCC(N(C)C)C1)C(=O)O. The van der Waals surface area contributed by atoms with Gasteiger partial charge in [-0.25, -0.2) is 4.79 Å². The lowest BCUT2D eigenvalue weighted by molar-refractivity contribution is -0.142. The fraction of sp³-hybridized carbons (Fsp3) is 0.833. The number of nitrogens with zero attached hydrogens (tertiary/aromatic N) is 2. The Morgan fingerprint density at radius 2 is 2.17 bits per heavy atom. The minimum Gasteiger partial charge on any atom is -0.480 e. The summed E-state index contributed by atoms with van der Waals surface area (Å²) in [6.45, 7) is 3.47. The largest absolute Gasteiger partial charge is 0.480 e. The standard InChI is InChI=1S/C12H23N3O3/c1-9(16)13-11(12(17)18)8-15-6-4-5-10(7-15)14(2)3/h10-11H,4-8H2,1-3H3,(H,13,16)(H,17,18). The molecule has 0 radical (unpaired) electrons. The van der Waals surface area contributed by atoms with E-state index >= 15 is 0 Å². The Kier molecular flexibility index (Phi) is 5.55. The third-order valence-corrected chi connectivity index (χ3v) is 3.33. The van der Waals surface area contributed by atoms with E-state index in [0.29, 0.717) is 12.6 Å². The van der Waals surface area contributed by atoms with Gasteiger partial charge in [-0.2, -0.15) is 0 Å². The van der Waals surface area contributed by atoms with Gasteiger partial charge in [-0.1, -0.05) is 0 Å². The first-order valence-electron chi connectivity index (χ1n) is 6.29. The van der Waals surface area contributed by atoms with Gasteiger partial charge in [-0.05, 0) is 33.5 Å². The minimum absolute atomic E-state index is 0.302. The van der Waals surface area contributed by atoms with E-state index in [2.05, 4.69) is 15.1 Å². The van der Waals surface area contributed by atoms with Crippen molar-refractivity contribution in [3.63, 3.8) is 0 Å². The molecule has 2 N–H and O–H groups in total. The lowest BCUT2D eigenvalue weighted by Gasteiger charge is -2.37. The predicted molar refractivity (Wildman–Crippen MR) is 68.4 cm³/mol.